The van der Waals surface area contributed by atoms with Gasteiger partial charge in [0.15, 0.2) is 0 Å². The number of nitrogens with one attached hydrogen (secondary N) is 2. The average molecular weight is 656 g/mol. The normalized spacial score (nSPS) is 12.4. The van der Waals surface area contributed by atoms with Gasteiger partial charge in [0, 0.05) is 41.9 Å². The van der Waals surface area contributed by atoms with E-state index >= 15 is 0 Å². The number of nitrogens with zero attached hydrogens (tertiary/aromatic N) is 1. The van der Waals surface area contributed by atoms with Gasteiger partial charge in [-0.25, -0.2) is 0 Å². The van der Waals surface area contributed by atoms with Crippen LogP contribution in [0.3, 0.4) is 0 Å². The smallest absolute Gasteiger partial charge is 0.0420 e. The Morgan fingerprint density at radius 1 is 0.792 bits per heavy atom. The summed E-state index contributed by atoms with van der Waals surface area (Å²) in [6.07, 6.45) is 11.2. The van der Waals surface area contributed by atoms with Gasteiger partial charge < -0.3 is 15.5 Å². The molecule has 1 aliphatic rings. The molecule has 0 heterocycles. The first-order valence-electron chi connectivity index (χ1n) is 18.3. The molecule has 2 N–H and O–H groups in total. The van der Waals surface area contributed by atoms with Crippen LogP contribution in [-0.2, 0) is 0 Å². The Bertz CT molecular complexity index is 1300. The van der Waals surface area contributed by atoms with Crippen LogP contribution in [0.15, 0.2) is 96.8 Å². The summed E-state index contributed by atoms with van der Waals surface area (Å²) in [4.78, 5) is 2.48. The maximum absolute atomic E-state index is 4.25. The summed E-state index contributed by atoms with van der Waals surface area (Å²) in [6.45, 7) is 42.4. The number of hydrogen-bond donors (Lipinski definition) is 2. The topological polar surface area (TPSA) is 27.3 Å². The summed E-state index contributed by atoms with van der Waals surface area (Å²) in [7, 11) is 0. The SMILES string of the molecule is C=C(C)C.C=C(Nc1cc(C(=C)N[C@@H](CC)CCC)ccc1C)C1=CC=C(C)C1.CC(C)(C)C.CCCN(CCC)c1ccccc1C. The van der Waals surface area contributed by atoms with E-state index in [1.165, 1.54) is 72.3 Å². The van der Waals surface area contributed by atoms with Gasteiger partial charge in [-0.05, 0) is 107 Å². The standard InChI is InChI=1S/C23H32N2.C13H21N.C5H12.C4H8/c1-7-9-22(8-2)24-18(5)21-13-11-17(4)23(15-21)25-19(6)20-12-10-16(3)14-20;1-4-10-14(11-5-2)13-9-7-6-8-12(13)3;1-5(2,3)4;1-4(2)3/h10-13,15,22,24-25H,5-9,14H2,1-4H3;6-9H,4-5,10-11H2,1-3H3;1-4H3;1H2,2-3H3/t22-;;;/m0.../s1. The zero-order valence-electron chi connectivity index (χ0n) is 33.5. The molecule has 0 spiro atoms. The number of benzene rings is 2. The lowest BCUT2D eigenvalue weighted by molar-refractivity contribution is 0.469. The summed E-state index contributed by atoms with van der Waals surface area (Å²) >= 11 is 0. The fraction of sp³-hybridized carbons (Fsp3) is 0.511. The van der Waals surface area contributed by atoms with E-state index in [2.05, 4.69) is 166 Å². The maximum atomic E-state index is 4.25. The quantitative estimate of drug-likeness (QED) is 0.198. The molecule has 3 rings (SSSR count). The minimum atomic E-state index is 0.489. The minimum Gasteiger partial charge on any atom is -0.382 e. The van der Waals surface area contributed by atoms with Crippen LogP contribution >= 0.6 is 0 Å². The molecule has 1 aliphatic carbocycles. The third-order valence-corrected chi connectivity index (χ3v) is 7.25. The fourth-order valence-corrected chi connectivity index (χ4v) is 4.92. The lowest BCUT2D eigenvalue weighted by Gasteiger charge is -2.25. The monoisotopic (exact) mass is 656 g/mol. The molecule has 0 bridgehead atoms. The molecule has 268 valence electrons. The second-order valence-corrected chi connectivity index (χ2v) is 15.0. The van der Waals surface area contributed by atoms with Gasteiger partial charge in [-0.2, -0.15) is 0 Å². The zero-order chi connectivity index (χ0) is 36.9. The van der Waals surface area contributed by atoms with Crippen molar-refractivity contribution >= 4 is 17.1 Å². The first-order valence-corrected chi connectivity index (χ1v) is 18.3. The van der Waals surface area contributed by atoms with Gasteiger partial charge in [-0.15, -0.1) is 6.58 Å². The van der Waals surface area contributed by atoms with Crippen molar-refractivity contribution in [1.29, 1.82) is 0 Å². The number of allylic oxidation sites excluding steroid dienone is 5. The Hall–Kier alpha value is -3.46. The molecular formula is C45H73N3. The first kappa shape index (κ1) is 44.5. The Balaban J connectivity index is 0.000000801. The van der Waals surface area contributed by atoms with Crippen molar-refractivity contribution in [3.05, 3.63) is 113 Å². The number of para-hydroxylation sites is 1. The van der Waals surface area contributed by atoms with E-state index in [4.69, 9.17) is 0 Å². The second-order valence-electron chi connectivity index (χ2n) is 15.0. The highest BCUT2D eigenvalue weighted by Gasteiger charge is 2.12. The van der Waals surface area contributed by atoms with E-state index in [-0.39, 0.29) is 0 Å². The predicted molar refractivity (Wildman–Crippen MR) is 221 cm³/mol. The summed E-state index contributed by atoms with van der Waals surface area (Å²) in [6, 6.07) is 15.6. The second kappa shape index (κ2) is 23.8. The summed E-state index contributed by atoms with van der Waals surface area (Å²) < 4.78 is 0. The molecule has 0 saturated carbocycles. The van der Waals surface area contributed by atoms with E-state index in [1.807, 2.05) is 13.8 Å². The van der Waals surface area contributed by atoms with Crippen molar-refractivity contribution in [2.24, 2.45) is 5.41 Å². The molecule has 48 heavy (non-hydrogen) atoms. The highest BCUT2D eigenvalue weighted by Crippen LogP contribution is 2.28. The summed E-state index contributed by atoms with van der Waals surface area (Å²) in [5, 5.41) is 7.08. The Morgan fingerprint density at radius 3 is 1.81 bits per heavy atom. The van der Waals surface area contributed by atoms with Gasteiger partial charge in [-0.1, -0.05) is 129 Å². The van der Waals surface area contributed by atoms with E-state index in [0.717, 1.165) is 35.5 Å². The third-order valence-electron chi connectivity index (χ3n) is 7.25. The van der Waals surface area contributed by atoms with Crippen LogP contribution in [0.1, 0.15) is 131 Å². The third kappa shape index (κ3) is 20.0. The van der Waals surface area contributed by atoms with Crippen LogP contribution in [0.2, 0.25) is 0 Å². The van der Waals surface area contributed by atoms with Gasteiger partial charge in [-0.3, -0.25) is 0 Å². The molecule has 1 atom stereocenters. The van der Waals surface area contributed by atoms with Crippen LogP contribution in [0, 0.1) is 19.3 Å². The number of hydrogen-bond acceptors (Lipinski definition) is 3. The number of rotatable bonds is 14. The fourth-order valence-electron chi connectivity index (χ4n) is 4.92. The molecule has 3 nitrogen and oxygen atoms in total. The molecular weight excluding hydrogens is 583 g/mol. The first-order chi connectivity index (χ1) is 22.5. The Morgan fingerprint density at radius 2 is 1.35 bits per heavy atom. The van der Waals surface area contributed by atoms with Crippen molar-refractivity contribution < 1.29 is 0 Å². The van der Waals surface area contributed by atoms with E-state index in [0.29, 0.717) is 11.5 Å². The largest absolute Gasteiger partial charge is 0.382 e. The number of aryl methyl sites for hydroxylation is 2. The van der Waals surface area contributed by atoms with Crippen molar-refractivity contribution in [3.63, 3.8) is 0 Å². The highest BCUT2D eigenvalue weighted by atomic mass is 15.1. The van der Waals surface area contributed by atoms with Gasteiger partial charge in [0.2, 0.25) is 0 Å². The molecule has 3 heteroatoms. The molecule has 0 aromatic heterocycles. The van der Waals surface area contributed by atoms with E-state index in [9.17, 15) is 0 Å². The Kier molecular flexibility index (Phi) is 22.1. The molecule has 2 aromatic rings. The lowest BCUT2D eigenvalue weighted by atomic mass is 10.0. The van der Waals surface area contributed by atoms with Crippen molar-refractivity contribution in [3.8, 4) is 0 Å². The van der Waals surface area contributed by atoms with Gasteiger partial charge >= 0.3 is 0 Å². The number of anilines is 2. The van der Waals surface area contributed by atoms with Gasteiger partial charge in [0.25, 0.3) is 0 Å². The van der Waals surface area contributed by atoms with Gasteiger partial charge in [0.05, 0.1) is 0 Å². The van der Waals surface area contributed by atoms with Gasteiger partial charge in [0.1, 0.15) is 0 Å². The molecule has 2 aromatic carbocycles. The molecule has 0 fully saturated rings. The molecule has 0 unspecified atom stereocenters. The predicted octanol–water partition coefficient (Wildman–Crippen LogP) is 13.6. The lowest BCUT2D eigenvalue weighted by Crippen LogP contribution is -2.26. The van der Waals surface area contributed by atoms with Crippen molar-refractivity contribution in [2.75, 3.05) is 23.3 Å². The van der Waals surface area contributed by atoms with Crippen LogP contribution in [0.5, 0.6) is 0 Å². The van der Waals surface area contributed by atoms with Crippen LogP contribution in [0.4, 0.5) is 11.4 Å². The molecule has 0 radical (unpaired) electrons. The van der Waals surface area contributed by atoms with Crippen molar-refractivity contribution in [2.45, 2.75) is 135 Å². The van der Waals surface area contributed by atoms with Crippen LogP contribution < -0.4 is 15.5 Å². The maximum Gasteiger partial charge on any atom is 0.0420 e. The Labute approximate surface area is 298 Å². The molecule has 0 saturated heterocycles. The average Bonchev–Trinajstić information content (AvgIpc) is 3.44. The van der Waals surface area contributed by atoms with Crippen molar-refractivity contribution in [1.82, 2.24) is 5.32 Å². The van der Waals surface area contributed by atoms with E-state index in [1.54, 1.807) is 0 Å². The minimum absolute atomic E-state index is 0.489. The summed E-state index contributed by atoms with van der Waals surface area (Å²) in [5.41, 5.74) is 12.5. The molecule has 0 amide bonds. The van der Waals surface area contributed by atoms with Crippen LogP contribution in [-0.4, -0.2) is 19.1 Å². The summed E-state index contributed by atoms with van der Waals surface area (Å²) in [5.74, 6) is 0. The highest BCUT2D eigenvalue weighted by molar-refractivity contribution is 5.69. The van der Waals surface area contributed by atoms with Crippen LogP contribution in [0.25, 0.3) is 5.70 Å². The zero-order valence-corrected chi connectivity index (χ0v) is 33.5. The van der Waals surface area contributed by atoms with E-state index < -0.39 is 0 Å². The molecule has 0 aliphatic heterocycles.